The number of carbonyl (C=O) groups excluding carboxylic acids is 1. The molecule has 0 bridgehead atoms. The van der Waals surface area contributed by atoms with E-state index in [2.05, 4.69) is 70.2 Å². The number of carbonyl (C=O) groups is 1. The molecule has 1 saturated carbocycles. The Balaban J connectivity index is 1.33. The fourth-order valence-corrected chi connectivity index (χ4v) is 5.97. The Morgan fingerprint density at radius 1 is 0.872 bits per heavy atom. The highest BCUT2D eigenvalue weighted by Gasteiger charge is 2.43. The van der Waals surface area contributed by atoms with Gasteiger partial charge in [0.1, 0.15) is 17.6 Å². The molecule has 0 radical (unpaired) electrons. The van der Waals surface area contributed by atoms with Crippen LogP contribution in [0.3, 0.4) is 0 Å². The third-order valence-electron chi connectivity index (χ3n) is 8.39. The van der Waals surface area contributed by atoms with E-state index in [1.165, 1.54) is 11.1 Å². The number of allylic oxidation sites excluding steroid dienone is 2. The summed E-state index contributed by atoms with van der Waals surface area (Å²) in [6, 6.07) is 26.4. The zero-order valence-electron chi connectivity index (χ0n) is 23.4. The highest BCUT2D eigenvalue weighted by Crippen LogP contribution is 2.44. The highest BCUT2D eigenvalue weighted by molar-refractivity contribution is 5.71. The van der Waals surface area contributed by atoms with Crippen molar-refractivity contribution in [1.29, 1.82) is 0 Å². The van der Waals surface area contributed by atoms with Gasteiger partial charge in [-0.3, -0.25) is 4.90 Å². The SMILES string of the molecule is Cc1ccc([C@@H]2C=CC=CN2C(=O)OC2CC(C)CCC2C(C)(C)c2ccc(Oc3ccccc3)cc2)cc1. The molecule has 3 unspecified atom stereocenters. The predicted molar refractivity (Wildman–Crippen MR) is 157 cm³/mol. The van der Waals surface area contributed by atoms with E-state index in [0.717, 1.165) is 36.3 Å². The molecule has 1 fully saturated rings. The maximum Gasteiger partial charge on any atom is 0.414 e. The third kappa shape index (κ3) is 6.11. The van der Waals surface area contributed by atoms with Gasteiger partial charge in [0.05, 0.1) is 6.04 Å². The van der Waals surface area contributed by atoms with Crippen LogP contribution in [0.4, 0.5) is 4.79 Å². The van der Waals surface area contributed by atoms with Crippen LogP contribution in [0.1, 0.15) is 62.8 Å². The van der Waals surface area contributed by atoms with Crippen molar-refractivity contribution in [1.82, 2.24) is 4.90 Å². The average Bonchev–Trinajstić information content (AvgIpc) is 2.94. The first-order valence-corrected chi connectivity index (χ1v) is 14.0. The Kier molecular flexibility index (Phi) is 7.92. The van der Waals surface area contributed by atoms with Crippen LogP contribution in [0.15, 0.2) is 103 Å². The van der Waals surface area contributed by atoms with Crippen molar-refractivity contribution in [2.24, 2.45) is 11.8 Å². The molecule has 1 heterocycles. The quantitative estimate of drug-likeness (QED) is 0.325. The van der Waals surface area contributed by atoms with Crippen LogP contribution in [0.25, 0.3) is 0 Å². The number of hydrogen-bond acceptors (Lipinski definition) is 3. The standard InChI is InChI=1S/C35H39NO3/c1-25-13-16-27(17-14-25)32-12-8-9-23-36(32)34(37)39-33-24-26(2)15-22-31(33)35(3,4)28-18-20-30(21-19-28)38-29-10-6-5-7-11-29/h5-14,16-21,23,26,31-33H,15,22,24H2,1-4H3/t26?,31?,32-,33?/m0/s1. The molecular formula is C35H39NO3. The number of amides is 1. The monoisotopic (exact) mass is 521 g/mol. The summed E-state index contributed by atoms with van der Waals surface area (Å²) < 4.78 is 12.4. The van der Waals surface area contributed by atoms with Crippen molar-refractivity contribution < 1.29 is 14.3 Å². The van der Waals surface area contributed by atoms with Gasteiger partial charge in [-0.1, -0.05) is 99.5 Å². The van der Waals surface area contributed by atoms with E-state index in [1.54, 1.807) is 4.90 Å². The predicted octanol–water partition coefficient (Wildman–Crippen LogP) is 9.13. The Hall–Kier alpha value is -3.79. The lowest BCUT2D eigenvalue weighted by Gasteiger charge is -2.44. The summed E-state index contributed by atoms with van der Waals surface area (Å²) in [5.74, 6) is 2.36. The Bertz CT molecular complexity index is 1310. The largest absolute Gasteiger partial charge is 0.457 e. The van der Waals surface area contributed by atoms with Gasteiger partial charge in [-0.25, -0.2) is 4.79 Å². The molecule has 3 aromatic carbocycles. The highest BCUT2D eigenvalue weighted by atomic mass is 16.6. The normalized spacial score (nSPS) is 22.9. The van der Waals surface area contributed by atoms with E-state index in [-0.39, 0.29) is 29.6 Å². The number of ether oxygens (including phenoxy) is 2. The molecule has 1 aliphatic heterocycles. The van der Waals surface area contributed by atoms with Gasteiger partial charge in [0.25, 0.3) is 0 Å². The van der Waals surface area contributed by atoms with E-state index < -0.39 is 0 Å². The minimum absolute atomic E-state index is 0.158. The second kappa shape index (κ2) is 11.5. The number of aryl methyl sites for hydroxylation is 1. The van der Waals surface area contributed by atoms with Crippen LogP contribution in [0.2, 0.25) is 0 Å². The van der Waals surface area contributed by atoms with Crippen LogP contribution < -0.4 is 4.74 Å². The molecule has 0 spiro atoms. The van der Waals surface area contributed by atoms with Gasteiger partial charge >= 0.3 is 6.09 Å². The molecule has 3 aromatic rings. The van der Waals surface area contributed by atoms with Gasteiger partial charge < -0.3 is 9.47 Å². The van der Waals surface area contributed by atoms with Crippen LogP contribution in [-0.2, 0) is 10.2 Å². The lowest BCUT2D eigenvalue weighted by molar-refractivity contribution is -0.0158. The Morgan fingerprint density at radius 3 is 2.28 bits per heavy atom. The number of hydrogen-bond donors (Lipinski definition) is 0. The van der Waals surface area contributed by atoms with Crippen LogP contribution in [-0.4, -0.2) is 17.1 Å². The lowest BCUT2D eigenvalue weighted by Crippen LogP contribution is -2.45. The molecule has 4 nitrogen and oxygen atoms in total. The van der Waals surface area contributed by atoms with E-state index in [0.29, 0.717) is 5.92 Å². The molecule has 0 N–H and O–H groups in total. The van der Waals surface area contributed by atoms with E-state index in [4.69, 9.17) is 9.47 Å². The third-order valence-corrected chi connectivity index (χ3v) is 8.39. The first kappa shape index (κ1) is 26.8. The van der Waals surface area contributed by atoms with Crippen molar-refractivity contribution >= 4 is 6.09 Å². The Morgan fingerprint density at radius 2 is 1.56 bits per heavy atom. The van der Waals surface area contributed by atoms with Crippen LogP contribution in [0, 0.1) is 18.8 Å². The molecule has 4 atom stereocenters. The molecule has 2 aliphatic rings. The number of rotatable bonds is 6. The van der Waals surface area contributed by atoms with E-state index in [1.807, 2.05) is 60.8 Å². The molecule has 39 heavy (non-hydrogen) atoms. The van der Waals surface area contributed by atoms with E-state index >= 15 is 0 Å². The average molecular weight is 522 g/mol. The van der Waals surface area contributed by atoms with Crippen molar-refractivity contribution in [3.8, 4) is 11.5 Å². The summed E-state index contributed by atoms with van der Waals surface area (Å²) in [4.78, 5) is 15.4. The van der Waals surface area contributed by atoms with Crippen LogP contribution in [0.5, 0.6) is 11.5 Å². The number of benzene rings is 3. The van der Waals surface area contributed by atoms with Crippen molar-refractivity contribution in [2.45, 2.75) is 64.5 Å². The van der Waals surface area contributed by atoms with Gasteiger partial charge in [0.2, 0.25) is 0 Å². The molecule has 1 amide bonds. The molecule has 0 saturated heterocycles. The van der Waals surface area contributed by atoms with Gasteiger partial charge in [-0.05, 0) is 72.6 Å². The van der Waals surface area contributed by atoms with Crippen molar-refractivity contribution in [2.75, 3.05) is 0 Å². The number of para-hydroxylation sites is 1. The lowest BCUT2D eigenvalue weighted by atomic mass is 9.64. The van der Waals surface area contributed by atoms with Gasteiger partial charge in [0, 0.05) is 12.1 Å². The molecule has 4 heteroatoms. The topological polar surface area (TPSA) is 38.8 Å². The first-order chi connectivity index (χ1) is 18.8. The first-order valence-electron chi connectivity index (χ1n) is 14.0. The second-order valence-electron chi connectivity index (χ2n) is 11.6. The molecular weight excluding hydrogens is 482 g/mol. The fraction of sp³-hybridized carbons (Fsp3) is 0.343. The van der Waals surface area contributed by atoms with Crippen molar-refractivity contribution in [3.05, 3.63) is 120 Å². The Labute approximate surface area is 233 Å². The summed E-state index contributed by atoms with van der Waals surface area (Å²) >= 11 is 0. The van der Waals surface area contributed by atoms with Gasteiger partial charge in [0.15, 0.2) is 0 Å². The molecule has 5 rings (SSSR count). The second-order valence-corrected chi connectivity index (χ2v) is 11.6. The zero-order valence-corrected chi connectivity index (χ0v) is 23.4. The van der Waals surface area contributed by atoms with Crippen molar-refractivity contribution in [3.63, 3.8) is 0 Å². The summed E-state index contributed by atoms with van der Waals surface area (Å²) in [5.41, 5.74) is 3.32. The van der Waals surface area contributed by atoms with Crippen LogP contribution >= 0.6 is 0 Å². The molecule has 0 aromatic heterocycles. The summed E-state index contributed by atoms with van der Waals surface area (Å²) in [6.07, 6.45) is 10.4. The van der Waals surface area contributed by atoms with Gasteiger partial charge in [-0.15, -0.1) is 0 Å². The zero-order chi connectivity index (χ0) is 27.4. The summed E-state index contributed by atoms with van der Waals surface area (Å²) in [6.45, 7) is 8.89. The summed E-state index contributed by atoms with van der Waals surface area (Å²) in [5, 5.41) is 0. The summed E-state index contributed by atoms with van der Waals surface area (Å²) in [7, 11) is 0. The smallest absolute Gasteiger partial charge is 0.414 e. The van der Waals surface area contributed by atoms with Gasteiger partial charge in [-0.2, -0.15) is 0 Å². The maximum atomic E-state index is 13.7. The maximum absolute atomic E-state index is 13.7. The molecule has 202 valence electrons. The number of nitrogens with zero attached hydrogens (tertiary/aromatic N) is 1. The van der Waals surface area contributed by atoms with E-state index in [9.17, 15) is 4.79 Å². The fourth-order valence-electron chi connectivity index (χ4n) is 5.97. The minimum atomic E-state index is -0.285. The minimum Gasteiger partial charge on any atom is -0.457 e. The molecule has 1 aliphatic carbocycles.